The van der Waals surface area contributed by atoms with Crippen LogP contribution in [0.15, 0.2) is 36.4 Å². The lowest BCUT2D eigenvalue weighted by Gasteiger charge is -2.03. The summed E-state index contributed by atoms with van der Waals surface area (Å²) in [5.74, 6) is 0. The van der Waals surface area contributed by atoms with Crippen molar-refractivity contribution in [2.75, 3.05) is 0 Å². The van der Waals surface area contributed by atoms with Crippen LogP contribution in [0.1, 0.15) is 16.1 Å². The van der Waals surface area contributed by atoms with Crippen molar-refractivity contribution in [3.8, 4) is 11.3 Å². The number of halogens is 1. The fourth-order valence-electron chi connectivity index (χ4n) is 1.48. The number of hydrogen-bond donors (Lipinski definition) is 0. The molecular formula is C13H10ClNO. The standard InChI is InChI=1S/C13H10ClNO/c1-9-11(8-16)4-7-13(15-9)10-2-5-12(14)6-3-10/h2-8H,1H3. The number of aldehydes is 1. The fourth-order valence-corrected chi connectivity index (χ4v) is 1.60. The van der Waals surface area contributed by atoms with Crippen molar-refractivity contribution in [3.63, 3.8) is 0 Å². The highest BCUT2D eigenvalue weighted by Crippen LogP contribution is 2.20. The molecule has 0 radical (unpaired) electrons. The molecule has 0 aliphatic carbocycles. The van der Waals surface area contributed by atoms with Gasteiger partial charge in [-0.15, -0.1) is 0 Å². The number of rotatable bonds is 2. The van der Waals surface area contributed by atoms with Crippen LogP contribution in [0.25, 0.3) is 11.3 Å². The summed E-state index contributed by atoms with van der Waals surface area (Å²) in [7, 11) is 0. The van der Waals surface area contributed by atoms with Crippen LogP contribution >= 0.6 is 11.6 Å². The van der Waals surface area contributed by atoms with Crippen molar-refractivity contribution in [1.29, 1.82) is 0 Å². The zero-order valence-corrected chi connectivity index (χ0v) is 9.53. The highest BCUT2D eigenvalue weighted by Gasteiger charge is 2.02. The molecule has 1 aromatic carbocycles. The van der Waals surface area contributed by atoms with Gasteiger partial charge in [0.1, 0.15) is 0 Å². The molecule has 80 valence electrons. The van der Waals surface area contributed by atoms with Crippen LogP contribution in [0, 0.1) is 6.92 Å². The van der Waals surface area contributed by atoms with Crippen LogP contribution in [-0.4, -0.2) is 11.3 Å². The second-order valence-electron chi connectivity index (χ2n) is 3.50. The Kier molecular flexibility index (Phi) is 3.02. The third-order valence-corrected chi connectivity index (χ3v) is 2.65. The SMILES string of the molecule is Cc1nc(-c2ccc(Cl)cc2)ccc1C=O. The Morgan fingerprint density at radius 2 is 1.81 bits per heavy atom. The van der Waals surface area contributed by atoms with Crippen molar-refractivity contribution in [1.82, 2.24) is 4.98 Å². The predicted octanol–water partition coefficient (Wildman–Crippen LogP) is 3.52. The Labute approximate surface area is 98.9 Å². The third kappa shape index (κ3) is 2.12. The third-order valence-electron chi connectivity index (χ3n) is 2.39. The van der Waals surface area contributed by atoms with Gasteiger partial charge in [0.25, 0.3) is 0 Å². The molecule has 1 heterocycles. The Morgan fingerprint density at radius 3 is 2.38 bits per heavy atom. The van der Waals surface area contributed by atoms with Crippen LogP contribution in [0.3, 0.4) is 0 Å². The number of hydrogen-bond acceptors (Lipinski definition) is 2. The molecule has 2 nitrogen and oxygen atoms in total. The molecule has 0 unspecified atom stereocenters. The Hall–Kier alpha value is -1.67. The number of carbonyl (C=O) groups excluding carboxylic acids is 1. The van der Waals surface area contributed by atoms with Gasteiger partial charge in [-0.3, -0.25) is 9.78 Å². The van der Waals surface area contributed by atoms with Gasteiger partial charge in [0, 0.05) is 21.8 Å². The van der Waals surface area contributed by atoms with E-state index in [1.54, 1.807) is 6.07 Å². The average molecular weight is 232 g/mol. The lowest BCUT2D eigenvalue weighted by atomic mass is 10.1. The second-order valence-corrected chi connectivity index (χ2v) is 3.93. The van der Waals surface area contributed by atoms with E-state index in [1.165, 1.54) is 0 Å². The quantitative estimate of drug-likeness (QED) is 0.741. The molecule has 0 saturated heterocycles. The van der Waals surface area contributed by atoms with Gasteiger partial charge < -0.3 is 0 Å². The summed E-state index contributed by atoms with van der Waals surface area (Å²) < 4.78 is 0. The fraction of sp³-hybridized carbons (Fsp3) is 0.0769. The topological polar surface area (TPSA) is 30.0 Å². The highest BCUT2D eigenvalue weighted by atomic mass is 35.5. The van der Waals surface area contributed by atoms with E-state index in [2.05, 4.69) is 4.98 Å². The molecule has 0 aliphatic rings. The average Bonchev–Trinajstić information content (AvgIpc) is 2.30. The molecule has 0 atom stereocenters. The van der Waals surface area contributed by atoms with Gasteiger partial charge in [-0.1, -0.05) is 23.7 Å². The first-order chi connectivity index (χ1) is 7.70. The maximum Gasteiger partial charge on any atom is 0.151 e. The zero-order chi connectivity index (χ0) is 11.5. The van der Waals surface area contributed by atoms with Crippen LogP contribution < -0.4 is 0 Å². The molecule has 0 amide bonds. The monoisotopic (exact) mass is 231 g/mol. The Bertz CT molecular complexity index is 520. The van der Waals surface area contributed by atoms with Gasteiger partial charge in [0.15, 0.2) is 6.29 Å². The number of nitrogens with zero attached hydrogens (tertiary/aromatic N) is 1. The van der Waals surface area contributed by atoms with E-state index in [4.69, 9.17) is 11.6 Å². The van der Waals surface area contributed by atoms with E-state index in [1.807, 2.05) is 37.3 Å². The number of aryl methyl sites for hydroxylation is 1. The van der Waals surface area contributed by atoms with Gasteiger partial charge in [-0.25, -0.2) is 0 Å². The largest absolute Gasteiger partial charge is 0.298 e. The van der Waals surface area contributed by atoms with Crippen LogP contribution in [0.5, 0.6) is 0 Å². The minimum Gasteiger partial charge on any atom is -0.298 e. The summed E-state index contributed by atoms with van der Waals surface area (Å²) in [5, 5.41) is 0.699. The van der Waals surface area contributed by atoms with Crippen LogP contribution in [0.2, 0.25) is 5.02 Å². The lowest BCUT2D eigenvalue weighted by Crippen LogP contribution is -1.92. The Balaban J connectivity index is 2.45. The Morgan fingerprint density at radius 1 is 1.12 bits per heavy atom. The van der Waals surface area contributed by atoms with Gasteiger partial charge in [0.2, 0.25) is 0 Å². The summed E-state index contributed by atoms with van der Waals surface area (Å²) in [6, 6.07) is 11.1. The van der Waals surface area contributed by atoms with Gasteiger partial charge in [0.05, 0.1) is 5.69 Å². The van der Waals surface area contributed by atoms with Gasteiger partial charge in [-0.05, 0) is 31.2 Å². The van der Waals surface area contributed by atoms with Crippen molar-refractivity contribution in [2.24, 2.45) is 0 Å². The van der Waals surface area contributed by atoms with Crippen LogP contribution in [-0.2, 0) is 0 Å². The van der Waals surface area contributed by atoms with E-state index >= 15 is 0 Å². The van der Waals surface area contributed by atoms with Gasteiger partial charge >= 0.3 is 0 Å². The molecule has 2 rings (SSSR count). The van der Waals surface area contributed by atoms with Crippen molar-refractivity contribution in [2.45, 2.75) is 6.92 Å². The first-order valence-corrected chi connectivity index (χ1v) is 5.27. The summed E-state index contributed by atoms with van der Waals surface area (Å²) in [6.07, 6.45) is 0.813. The van der Waals surface area contributed by atoms with E-state index in [-0.39, 0.29) is 0 Å². The van der Waals surface area contributed by atoms with Crippen molar-refractivity contribution < 1.29 is 4.79 Å². The first kappa shape index (κ1) is 10.8. The van der Waals surface area contributed by atoms with Crippen molar-refractivity contribution in [3.05, 3.63) is 52.7 Å². The van der Waals surface area contributed by atoms with E-state index in [0.717, 1.165) is 23.2 Å². The molecule has 0 N–H and O–H groups in total. The lowest BCUT2D eigenvalue weighted by molar-refractivity contribution is 0.112. The molecule has 0 aliphatic heterocycles. The van der Waals surface area contributed by atoms with E-state index in [0.29, 0.717) is 10.6 Å². The summed E-state index contributed by atoms with van der Waals surface area (Å²) >= 11 is 5.81. The molecule has 0 bridgehead atoms. The molecule has 16 heavy (non-hydrogen) atoms. The van der Waals surface area contributed by atoms with E-state index < -0.39 is 0 Å². The van der Waals surface area contributed by atoms with E-state index in [9.17, 15) is 4.79 Å². The first-order valence-electron chi connectivity index (χ1n) is 4.89. The summed E-state index contributed by atoms with van der Waals surface area (Å²) in [4.78, 5) is 15.0. The minimum atomic E-state index is 0.623. The van der Waals surface area contributed by atoms with Crippen molar-refractivity contribution >= 4 is 17.9 Å². The molecule has 3 heteroatoms. The molecule has 0 fully saturated rings. The smallest absolute Gasteiger partial charge is 0.151 e. The minimum absolute atomic E-state index is 0.623. The number of pyridine rings is 1. The maximum absolute atomic E-state index is 10.7. The predicted molar refractivity (Wildman–Crippen MR) is 64.8 cm³/mol. The molecule has 1 aromatic heterocycles. The highest BCUT2D eigenvalue weighted by molar-refractivity contribution is 6.30. The molecular weight excluding hydrogens is 222 g/mol. The van der Waals surface area contributed by atoms with Crippen LogP contribution in [0.4, 0.5) is 0 Å². The number of carbonyl (C=O) groups is 1. The number of benzene rings is 1. The normalized spacial score (nSPS) is 10.1. The maximum atomic E-state index is 10.7. The van der Waals surface area contributed by atoms with Gasteiger partial charge in [-0.2, -0.15) is 0 Å². The molecule has 0 saturated carbocycles. The number of aromatic nitrogens is 1. The molecule has 0 spiro atoms. The zero-order valence-electron chi connectivity index (χ0n) is 8.77. The summed E-state index contributed by atoms with van der Waals surface area (Å²) in [6.45, 7) is 1.82. The second kappa shape index (κ2) is 4.45. The summed E-state index contributed by atoms with van der Waals surface area (Å²) in [5.41, 5.74) is 3.20. The molecule has 2 aromatic rings.